The number of piperidine rings is 1. The fourth-order valence-electron chi connectivity index (χ4n) is 4.38. The number of methoxy groups -OCH3 is 1. The van der Waals surface area contributed by atoms with Gasteiger partial charge in [0, 0.05) is 49.9 Å². The fraction of sp³-hybridized carbons (Fsp3) is 0.545. The minimum atomic E-state index is -0.0733. The van der Waals surface area contributed by atoms with Crippen LogP contribution in [-0.4, -0.2) is 79.3 Å². The number of pyridine rings is 1. The van der Waals surface area contributed by atoms with E-state index >= 15 is 0 Å². The normalized spacial score (nSPS) is 21.7. The molecule has 2 fully saturated rings. The summed E-state index contributed by atoms with van der Waals surface area (Å²) in [4.78, 5) is 21.6. The van der Waals surface area contributed by atoms with Crippen LogP contribution in [0.25, 0.3) is 10.9 Å². The second kappa shape index (κ2) is 8.15. The number of carbonyl (C=O) groups excluding carboxylic acids is 1. The van der Waals surface area contributed by atoms with Gasteiger partial charge in [-0.3, -0.25) is 14.7 Å². The molecule has 28 heavy (non-hydrogen) atoms. The lowest BCUT2D eigenvalue weighted by Gasteiger charge is -2.39. The zero-order valence-electron chi connectivity index (χ0n) is 16.8. The zero-order valence-corrected chi connectivity index (χ0v) is 16.8. The summed E-state index contributed by atoms with van der Waals surface area (Å²) in [6, 6.07) is 10.1. The molecule has 0 N–H and O–H groups in total. The highest BCUT2D eigenvalue weighted by Gasteiger charge is 2.44. The van der Waals surface area contributed by atoms with Crippen LogP contribution < -0.4 is 0 Å². The maximum atomic E-state index is 13.0. The molecule has 0 bridgehead atoms. The summed E-state index contributed by atoms with van der Waals surface area (Å²) in [7, 11) is 3.87. The summed E-state index contributed by atoms with van der Waals surface area (Å²) in [5.41, 5.74) is 1.58. The number of hydrogen-bond donors (Lipinski definition) is 0. The Kier molecular flexibility index (Phi) is 5.62. The van der Waals surface area contributed by atoms with Crippen LogP contribution in [0.15, 0.2) is 36.5 Å². The van der Waals surface area contributed by atoms with Crippen molar-refractivity contribution in [2.45, 2.75) is 30.9 Å². The van der Waals surface area contributed by atoms with Gasteiger partial charge in [0.2, 0.25) is 0 Å². The lowest BCUT2D eigenvalue weighted by Crippen LogP contribution is -2.47. The van der Waals surface area contributed by atoms with Crippen LogP contribution in [0.2, 0.25) is 0 Å². The molecule has 2 aliphatic heterocycles. The molecule has 6 heteroatoms. The number of likely N-dealkylation sites (N-methyl/N-ethyl adjacent to an activating group) is 1. The first kappa shape index (κ1) is 19.3. The van der Waals surface area contributed by atoms with E-state index in [9.17, 15) is 4.79 Å². The number of nitrogens with zero attached hydrogens (tertiary/aromatic N) is 3. The van der Waals surface area contributed by atoms with E-state index in [1.54, 1.807) is 13.3 Å². The number of aromatic nitrogens is 1. The molecular formula is C22H29N3O3. The van der Waals surface area contributed by atoms with Gasteiger partial charge in [0.25, 0.3) is 5.91 Å². The summed E-state index contributed by atoms with van der Waals surface area (Å²) in [6.07, 6.45) is 4.62. The Labute approximate surface area is 166 Å². The molecule has 1 aromatic heterocycles. The third kappa shape index (κ3) is 3.90. The van der Waals surface area contributed by atoms with Crippen molar-refractivity contribution in [2.24, 2.45) is 0 Å². The molecule has 3 heterocycles. The van der Waals surface area contributed by atoms with Gasteiger partial charge in [-0.25, -0.2) is 0 Å². The molecule has 2 aliphatic rings. The van der Waals surface area contributed by atoms with Crippen molar-refractivity contribution in [3.63, 3.8) is 0 Å². The Bertz CT molecular complexity index is 833. The van der Waals surface area contributed by atoms with Crippen molar-refractivity contribution in [1.82, 2.24) is 14.8 Å². The zero-order chi connectivity index (χ0) is 19.6. The monoisotopic (exact) mass is 383 g/mol. The van der Waals surface area contributed by atoms with Gasteiger partial charge in [-0.05, 0) is 50.6 Å². The topological polar surface area (TPSA) is 54.9 Å². The molecule has 0 saturated carbocycles. The molecule has 2 aromatic rings. The van der Waals surface area contributed by atoms with E-state index in [-0.39, 0.29) is 11.5 Å². The van der Waals surface area contributed by atoms with Gasteiger partial charge in [0.05, 0.1) is 24.3 Å². The number of likely N-dealkylation sites (tertiary alicyclic amines) is 1. The maximum Gasteiger partial charge on any atom is 0.253 e. The molecular weight excluding hydrogens is 354 g/mol. The highest BCUT2D eigenvalue weighted by atomic mass is 16.5. The van der Waals surface area contributed by atoms with Gasteiger partial charge < -0.3 is 14.4 Å². The summed E-state index contributed by atoms with van der Waals surface area (Å²) >= 11 is 0. The Morgan fingerprint density at radius 1 is 1.36 bits per heavy atom. The second-order valence-electron chi connectivity index (χ2n) is 8.03. The SMILES string of the molecule is COCCN(C)C1COC2(CCN(C(=O)c3ccc4ncccc4c3)CC2)C1. The fourth-order valence-corrected chi connectivity index (χ4v) is 4.38. The number of rotatable bonds is 5. The molecule has 6 nitrogen and oxygen atoms in total. The Balaban J connectivity index is 1.36. The highest BCUT2D eigenvalue weighted by molar-refractivity contribution is 5.98. The minimum Gasteiger partial charge on any atom is -0.383 e. The number of fused-ring (bicyclic) bond motifs is 1. The van der Waals surface area contributed by atoms with E-state index in [2.05, 4.69) is 16.9 Å². The molecule has 1 amide bonds. The molecule has 2 saturated heterocycles. The molecule has 4 rings (SSSR count). The summed E-state index contributed by atoms with van der Waals surface area (Å²) in [5.74, 6) is 0.104. The molecule has 1 atom stereocenters. The van der Waals surface area contributed by atoms with Crippen molar-refractivity contribution in [3.8, 4) is 0 Å². The molecule has 1 spiro atoms. The third-order valence-corrected chi connectivity index (χ3v) is 6.27. The summed E-state index contributed by atoms with van der Waals surface area (Å²) in [5, 5.41) is 1.00. The first-order chi connectivity index (χ1) is 13.6. The van der Waals surface area contributed by atoms with Gasteiger partial charge in [-0.15, -0.1) is 0 Å². The van der Waals surface area contributed by atoms with Gasteiger partial charge in [-0.1, -0.05) is 6.07 Å². The Hall–Kier alpha value is -2.02. The summed E-state index contributed by atoms with van der Waals surface area (Å²) < 4.78 is 11.4. The van der Waals surface area contributed by atoms with E-state index in [1.165, 1.54) is 0 Å². The van der Waals surface area contributed by atoms with Gasteiger partial charge in [0.1, 0.15) is 0 Å². The van der Waals surface area contributed by atoms with Crippen LogP contribution in [0.3, 0.4) is 0 Å². The minimum absolute atomic E-state index is 0.0733. The lowest BCUT2D eigenvalue weighted by atomic mass is 9.87. The van der Waals surface area contributed by atoms with Crippen molar-refractivity contribution in [3.05, 3.63) is 42.1 Å². The number of ether oxygens (including phenoxy) is 2. The van der Waals surface area contributed by atoms with Gasteiger partial charge >= 0.3 is 0 Å². The molecule has 1 unspecified atom stereocenters. The van der Waals surface area contributed by atoms with Crippen LogP contribution >= 0.6 is 0 Å². The average Bonchev–Trinajstić information content (AvgIpc) is 3.15. The number of hydrogen-bond acceptors (Lipinski definition) is 5. The van der Waals surface area contributed by atoms with Crippen LogP contribution in [-0.2, 0) is 9.47 Å². The number of benzene rings is 1. The van der Waals surface area contributed by atoms with Crippen LogP contribution in [0, 0.1) is 0 Å². The van der Waals surface area contributed by atoms with Crippen molar-refractivity contribution in [2.75, 3.05) is 47.0 Å². The van der Waals surface area contributed by atoms with Gasteiger partial charge in [0.15, 0.2) is 0 Å². The first-order valence-electron chi connectivity index (χ1n) is 10.1. The smallest absolute Gasteiger partial charge is 0.253 e. The molecule has 0 aliphatic carbocycles. The average molecular weight is 383 g/mol. The van der Waals surface area contributed by atoms with Crippen LogP contribution in [0.5, 0.6) is 0 Å². The van der Waals surface area contributed by atoms with E-state index in [1.807, 2.05) is 35.2 Å². The van der Waals surface area contributed by atoms with E-state index in [4.69, 9.17) is 9.47 Å². The van der Waals surface area contributed by atoms with Crippen LogP contribution in [0.4, 0.5) is 0 Å². The quantitative estimate of drug-likeness (QED) is 0.794. The predicted octanol–water partition coefficient (Wildman–Crippen LogP) is 2.58. The molecule has 150 valence electrons. The van der Waals surface area contributed by atoms with E-state index < -0.39 is 0 Å². The highest BCUT2D eigenvalue weighted by Crippen LogP contribution is 2.37. The molecule has 1 aromatic carbocycles. The second-order valence-corrected chi connectivity index (χ2v) is 8.03. The number of carbonyl (C=O) groups is 1. The van der Waals surface area contributed by atoms with E-state index in [0.717, 1.165) is 68.6 Å². The standard InChI is InChI=1S/C22H29N3O3/c1-24(12-13-27-2)19-15-22(28-16-19)7-10-25(11-8-22)21(26)18-5-6-20-17(14-18)4-3-9-23-20/h3-6,9,14,19H,7-8,10-13,15-16H2,1-2H3. The largest absolute Gasteiger partial charge is 0.383 e. The molecule has 0 radical (unpaired) electrons. The Morgan fingerprint density at radius 2 is 2.18 bits per heavy atom. The summed E-state index contributed by atoms with van der Waals surface area (Å²) in [6.45, 7) is 3.92. The van der Waals surface area contributed by atoms with Crippen molar-refractivity contribution in [1.29, 1.82) is 0 Å². The van der Waals surface area contributed by atoms with Crippen molar-refractivity contribution >= 4 is 16.8 Å². The Morgan fingerprint density at radius 3 is 2.96 bits per heavy atom. The lowest BCUT2D eigenvalue weighted by molar-refractivity contribution is -0.0393. The van der Waals surface area contributed by atoms with Gasteiger partial charge in [-0.2, -0.15) is 0 Å². The first-order valence-corrected chi connectivity index (χ1v) is 10.1. The maximum absolute atomic E-state index is 13.0. The van der Waals surface area contributed by atoms with E-state index in [0.29, 0.717) is 6.04 Å². The number of amides is 1. The predicted molar refractivity (Wildman–Crippen MR) is 108 cm³/mol. The van der Waals surface area contributed by atoms with Crippen LogP contribution in [0.1, 0.15) is 29.6 Å². The van der Waals surface area contributed by atoms with Crippen molar-refractivity contribution < 1.29 is 14.3 Å². The third-order valence-electron chi connectivity index (χ3n) is 6.27.